The van der Waals surface area contributed by atoms with Gasteiger partial charge in [0.05, 0.1) is 53.9 Å². The van der Waals surface area contributed by atoms with E-state index < -0.39 is 12.3 Å². The van der Waals surface area contributed by atoms with E-state index >= 15 is 0 Å². The highest BCUT2D eigenvalue weighted by molar-refractivity contribution is 6.03. The third-order valence-electron chi connectivity index (χ3n) is 9.31. The van der Waals surface area contributed by atoms with Crippen molar-refractivity contribution in [1.29, 1.82) is 0 Å². The van der Waals surface area contributed by atoms with Crippen molar-refractivity contribution >= 4 is 17.3 Å². The zero-order valence-electron chi connectivity index (χ0n) is 30.6. The van der Waals surface area contributed by atoms with Gasteiger partial charge < -0.3 is 53.4 Å². The Morgan fingerprint density at radius 2 is 1.38 bits per heavy atom. The van der Waals surface area contributed by atoms with Crippen molar-refractivity contribution in [2.24, 2.45) is 5.16 Å². The Labute approximate surface area is 307 Å². The van der Waals surface area contributed by atoms with Crippen LogP contribution in [0.2, 0.25) is 0 Å². The first-order valence-corrected chi connectivity index (χ1v) is 16.9. The predicted octanol–water partition coefficient (Wildman–Crippen LogP) is 6.88. The number of fused-ring (bicyclic) bond motifs is 1. The summed E-state index contributed by atoms with van der Waals surface area (Å²) in [5.41, 5.74) is 6.57. The van der Waals surface area contributed by atoms with Crippen LogP contribution in [0.25, 0.3) is 0 Å². The highest BCUT2D eigenvalue weighted by Gasteiger charge is 2.32. The molecule has 2 atom stereocenters. The number of carbonyl (C=O) groups is 1. The van der Waals surface area contributed by atoms with Crippen LogP contribution in [0.5, 0.6) is 46.0 Å². The molecular weight excluding hydrogens is 682 g/mol. The minimum atomic E-state index is -0.417. The van der Waals surface area contributed by atoms with Gasteiger partial charge in [0.2, 0.25) is 11.5 Å². The van der Waals surface area contributed by atoms with Gasteiger partial charge in [0.1, 0.15) is 18.5 Å². The number of methoxy groups -OCH3 is 6. The van der Waals surface area contributed by atoms with E-state index in [1.807, 2.05) is 67.6 Å². The fourth-order valence-electron chi connectivity index (χ4n) is 6.36. The van der Waals surface area contributed by atoms with E-state index in [0.29, 0.717) is 71.0 Å². The van der Waals surface area contributed by atoms with Crippen LogP contribution < -0.4 is 48.5 Å². The molecule has 0 aromatic heterocycles. The monoisotopic (exact) mass is 723 g/mol. The number of nitrogens with one attached hydrogen (secondary N) is 2. The van der Waals surface area contributed by atoms with Crippen molar-refractivity contribution in [2.75, 3.05) is 54.6 Å². The number of aryl methyl sites for hydroxylation is 1. The number of amides is 1. The number of oxime groups is 1. The van der Waals surface area contributed by atoms with Gasteiger partial charge in [0.25, 0.3) is 5.91 Å². The number of allylic oxidation sites excluding steroid dienone is 1. The zero-order valence-corrected chi connectivity index (χ0v) is 30.6. The molecule has 276 valence electrons. The van der Waals surface area contributed by atoms with Gasteiger partial charge in [-0.1, -0.05) is 22.9 Å². The topological polar surface area (TPSA) is 137 Å². The molecule has 4 aromatic rings. The van der Waals surface area contributed by atoms with Crippen LogP contribution in [0.3, 0.4) is 0 Å². The van der Waals surface area contributed by atoms with Crippen LogP contribution >= 0.6 is 0 Å². The lowest BCUT2D eigenvalue weighted by Crippen LogP contribution is -2.38. The second-order valence-electron chi connectivity index (χ2n) is 12.6. The Kier molecular flexibility index (Phi) is 9.81. The molecule has 1 aliphatic carbocycles. The van der Waals surface area contributed by atoms with E-state index in [0.717, 1.165) is 45.0 Å². The lowest BCUT2D eigenvalue weighted by Gasteiger charge is -2.28. The van der Waals surface area contributed by atoms with E-state index in [2.05, 4.69) is 15.8 Å². The molecule has 0 spiro atoms. The van der Waals surface area contributed by atoms with Crippen LogP contribution in [0, 0.1) is 6.92 Å². The maximum atomic E-state index is 12.8. The Hall–Kier alpha value is -6.24. The average Bonchev–Trinajstić information content (AvgIpc) is 3.74. The van der Waals surface area contributed by atoms with Crippen molar-refractivity contribution in [1.82, 2.24) is 5.32 Å². The van der Waals surface area contributed by atoms with Gasteiger partial charge in [-0.05, 0) is 61.0 Å². The summed E-state index contributed by atoms with van der Waals surface area (Å²) in [7, 11) is 9.44. The summed E-state index contributed by atoms with van der Waals surface area (Å²) in [6.45, 7) is 2.26. The van der Waals surface area contributed by atoms with Gasteiger partial charge >= 0.3 is 0 Å². The van der Waals surface area contributed by atoms with Crippen LogP contribution in [-0.4, -0.2) is 60.9 Å². The lowest BCUT2D eigenvalue weighted by atomic mass is 9.99. The molecule has 0 saturated heterocycles. The Bertz CT molecular complexity index is 2080. The highest BCUT2D eigenvalue weighted by Crippen LogP contribution is 2.47. The first kappa shape index (κ1) is 35.2. The molecule has 0 bridgehead atoms. The van der Waals surface area contributed by atoms with E-state index in [-0.39, 0.29) is 5.91 Å². The molecular formula is C40H41N3O10. The van der Waals surface area contributed by atoms with Gasteiger partial charge in [-0.15, -0.1) is 0 Å². The number of hydrogen-bond acceptors (Lipinski definition) is 12. The summed E-state index contributed by atoms with van der Waals surface area (Å²) in [4.78, 5) is 18.7. The molecule has 3 aliphatic rings. The van der Waals surface area contributed by atoms with Crippen LogP contribution in [0.1, 0.15) is 57.7 Å². The number of rotatable bonds is 14. The number of carbonyl (C=O) groups excluding carboxylic acids is 1. The predicted molar refractivity (Wildman–Crippen MR) is 196 cm³/mol. The van der Waals surface area contributed by atoms with Gasteiger partial charge in [-0.3, -0.25) is 4.79 Å². The largest absolute Gasteiger partial charge is 0.493 e. The van der Waals surface area contributed by atoms with Crippen molar-refractivity contribution in [3.8, 4) is 46.0 Å². The van der Waals surface area contributed by atoms with Gasteiger partial charge in [-0.2, -0.15) is 0 Å². The molecule has 13 heteroatoms. The standard InChI is InChI=1S/C40H41N3O10/c1-21-8-10-27-26(12-21)40(44)42-39(41-27)22-9-11-29(32(13-22)45-2)51-20-25-18-30(25)52-38-35(48-5)16-24(17-36(38)49-6)31-19-28(43-53-31)23-14-33(46-3)37(50-7)34(15-23)47-4/h8-17,31,39,41H,18-20H2,1-7H3,(H,42,44). The maximum absolute atomic E-state index is 12.8. The Morgan fingerprint density at radius 1 is 0.717 bits per heavy atom. The number of ether oxygens (including phenoxy) is 8. The SMILES string of the molecule is COc1cc(C2NC(=O)c3cc(C)ccc3N2)ccc1OCC1=C(Oc2c(OC)cc(C3CC(c4cc(OC)c(OC)c(OC)c4)=NO3)cc2OC)C1. The molecule has 0 saturated carbocycles. The van der Waals surface area contributed by atoms with Crippen LogP contribution in [0.15, 0.2) is 77.2 Å². The second kappa shape index (κ2) is 14.8. The van der Waals surface area contributed by atoms with Gasteiger partial charge in [0.15, 0.2) is 40.6 Å². The molecule has 2 N–H and O–H groups in total. The fraction of sp³-hybridized carbons (Fsp3) is 0.300. The van der Waals surface area contributed by atoms with E-state index in [1.165, 1.54) is 0 Å². The van der Waals surface area contributed by atoms with Gasteiger partial charge in [0, 0.05) is 35.2 Å². The quantitative estimate of drug-likeness (QED) is 0.141. The normalized spacial score (nSPS) is 17.0. The van der Waals surface area contributed by atoms with Crippen molar-refractivity contribution in [3.63, 3.8) is 0 Å². The summed E-state index contributed by atoms with van der Waals surface area (Å²) >= 11 is 0. The summed E-state index contributed by atoms with van der Waals surface area (Å²) in [6.07, 6.45) is 0.307. The summed E-state index contributed by atoms with van der Waals surface area (Å²) < 4.78 is 46.1. The Morgan fingerprint density at radius 3 is 2.04 bits per heavy atom. The highest BCUT2D eigenvalue weighted by atomic mass is 16.6. The molecule has 13 nitrogen and oxygen atoms in total. The molecule has 7 rings (SSSR count). The van der Waals surface area contributed by atoms with E-state index in [1.54, 1.807) is 42.7 Å². The molecule has 0 fully saturated rings. The van der Waals surface area contributed by atoms with Gasteiger partial charge in [-0.25, -0.2) is 0 Å². The third-order valence-corrected chi connectivity index (χ3v) is 9.31. The third kappa shape index (κ3) is 7.02. The van der Waals surface area contributed by atoms with E-state index in [9.17, 15) is 4.79 Å². The number of nitrogens with zero attached hydrogens (tertiary/aromatic N) is 1. The Balaban J connectivity index is 1.02. The van der Waals surface area contributed by atoms with Crippen molar-refractivity contribution in [3.05, 3.63) is 99.8 Å². The first-order chi connectivity index (χ1) is 25.8. The van der Waals surface area contributed by atoms with Crippen molar-refractivity contribution < 1.29 is 47.5 Å². The first-order valence-electron chi connectivity index (χ1n) is 16.9. The molecule has 0 radical (unpaired) electrons. The average molecular weight is 724 g/mol. The number of benzene rings is 4. The molecule has 1 amide bonds. The molecule has 53 heavy (non-hydrogen) atoms. The smallest absolute Gasteiger partial charge is 0.255 e. The van der Waals surface area contributed by atoms with Crippen LogP contribution in [0.4, 0.5) is 5.69 Å². The minimum Gasteiger partial charge on any atom is -0.493 e. The second-order valence-corrected chi connectivity index (χ2v) is 12.6. The zero-order chi connectivity index (χ0) is 37.2. The molecule has 2 aliphatic heterocycles. The summed E-state index contributed by atoms with van der Waals surface area (Å²) in [6, 6.07) is 18.8. The van der Waals surface area contributed by atoms with Crippen molar-refractivity contribution in [2.45, 2.75) is 32.0 Å². The summed E-state index contributed by atoms with van der Waals surface area (Å²) in [5.74, 6) is 4.72. The molecule has 2 unspecified atom stereocenters. The van der Waals surface area contributed by atoms with E-state index in [4.69, 9.17) is 42.7 Å². The molecule has 4 aromatic carbocycles. The fourth-order valence-corrected chi connectivity index (χ4v) is 6.36. The minimum absolute atomic E-state index is 0.134. The summed E-state index contributed by atoms with van der Waals surface area (Å²) in [5, 5.41) is 10.8. The number of anilines is 1. The van der Waals surface area contributed by atoms with Crippen LogP contribution in [-0.2, 0) is 4.84 Å². The lowest BCUT2D eigenvalue weighted by molar-refractivity contribution is 0.0853. The maximum Gasteiger partial charge on any atom is 0.255 e. The molecule has 2 heterocycles. The number of hydrogen-bond donors (Lipinski definition) is 2.